The molecule has 0 bridgehead atoms. The number of hydrogen-bond acceptors (Lipinski definition) is 3. The molecule has 0 spiro atoms. The van der Waals surface area contributed by atoms with Gasteiger partial charge >= 0.3 is 0 Å². The second kappa shape index (κ2) is 5.16. The van der Waals surface area contributed by atoms with Crippen LogP contribution in [0, 0.1) is 13.8 Å². The monoisotopic (exact) mass is 388 g/mol. The minimum absolute atomic E-state index is 0.0329. The number of hydrogen-bond donors (Lipinski definition) is 0. The van der Waals surface area contributed by atoms with Crippen LogP contribution in [0.25, 0.3) is 60.2 Å². The highest BCUT2D eigenvalue weighted by Crippen LogP contribution is 2.42. The number of rotatable bonds is 0. The summed E-state index contributed by atoms with van der Waals surface area (Å²) in [6.45, 7) is 4.14. The molecule has 4 heteroatoms. The van der Waals surface area contributed by atoms with E-state index in [2.05, 4.69) is 19.1 Å². The Balaban J connectivity index is 1.91. The zero-order valence-corrected chi connectivity index (χ0v) is 16.5. The lowest BCUT2D eigenvalue weighted by atomic mass is 9.91. The van der Waals surface area contributed by atoms with Crippen molar-refractivity contribution in [3.8, 4) is 0 Å². The van der Waals surface area contributed by atoms with Gasteiger partial charge in [-0.3, -0.25) is 9.20 Å². The number of aryl methyl sites for hydroxylation is 2. The van der Waals surface area contributed by atoms with Gasteiger partial charge in [-0.2, -0.15) is 0 Å². The van der Waals surface area contributed by atoms with E-state index < -0.39 is 0 Å². The van der Waals surface area contributed by atoms with E-state index >= 15 is 0 Å². The Kier molecular flexibility index (Phi) is 2.74. The summed E-state index contributed by atoms with van der Waals surface area (Å²) in [7, 11) is 0. The largest absolute Gasteiger partial charge is 0.456 e. The zero-order valence-electron chi connectivity index (χ0n) is 16.5. The molecule has 4 aromatic carbocycles. The van der Waals surface area contributed by atoms with Crippen molar-refractivity contribution in [3.05, 3.63) is 82.1 Å². The maximum absolute atomic E-state index is 13.7. The first-order chi connectivity index (χ1) is 14.6. The van der Waals surface area contributed by atoms with Gasteiger partial charge in [0.25, 0.3) is 5.56 Å². The minimum atomic E-state index is -0.0329. The van der Waals surface area contributed by atoms with Crippen molar-refractivity contribution in [1.82, 2.24) is 9.38 Å². The van der Waals surface area contributed by atoms with Gasteiger partial charge in [-0.1, -0.05) is 30.3 Å². The first-order valence-corrected chi connectivity index (χ1v) is 10.0. The van der Waals surface area contributed by atoms with Gasteiger partial charge in [0, 0.05) is 26.9 Å². The third-order valence-corrected chi connectivity index (χ3v) is 6.34. The molecule has 4 nitrogen and oxygen atoms in total. The molecular formula is C26H16N2O2. The SMILES string of the molecule is Cc1cc2c(=O)n3c4ccccc4nc3c3cc(C)c4c5ccccc5oc1c4c23. The summed E-state index contributed by atoms with van der Waals surface area (Å²) >= 11 is 0. The van der Waals surface area contributed by atoms with Crippen molar-refractivity contribution in [1.29, 1.82) is 0 Å². The molecule has 0 aliphatic carbocycles. The summed E-state index contributed by atoms with van der Waals surface area (Å²) in [4.78, 5) is 18.5. The van der Waals surface area contributed by atoms with Crippen LogP contribution in [-0.2, 0) is 0 Å². The number of aromatic nitrogens is 2. The van der Waals surface area contributed by atoms with E-state index in [1.54, 1.807) is 4.40 Å². The first-order valence-electron chi connectivity index (χ1n) is 10.0. The number of benzene rings is 4. The average molecular weight is 388 g/mol. The van der Waals surface area contributed by atoms with Gasteiger partial charge in [-0.15, -0.1) is 0 Å². The molecule has 0 atom stereocenters. The fourth-order valence-electron chi connectivity index (χ4n) is 5.10. The molecule has 0 aliphatic rings. The summed E-state index contributed by atoms with van der Waals surface area (Å²) in [6, 6.07) is 20.1. The standard InChI is InChI=1S/C26H16N2O2/c1-13-11-16-22-17(26(29)28-19-9-5-4-8-18(19)27-25(16)28)12-14(2)24-23(22)21(13)15-7-3-6-10-20(15)30-24/h3-12H,1-2H3. The molecule has 142 valence electrons. The molecule has 0 saturated heterocycles. The molecule has 3 heterocycles. The van der Waals surface area contributed by atoms with E-state index in [4.69, 9.17) is 9.40 Å². The second-order valence-electron chi connectivity index (χ2n) is 8.10. The van der Waals surface area contributed by atoms with Crippen LogP contribution >= 0.6 is 0 Å². The first kappa shape index (κ1) is 15.9. The molecule has 3 aromatic heterocycles. The molecule has 7 rings (SSSR count). The average Bonchev–Trinajstić information content (AvgIpc) is 3.15. The summed E-state index contributed by atoms with van der Waals surface area (Å²) in [5.74, 6) is 0. The van der Waals surface area contributed by atoms with Crippen LogP contribution in [0.2, 0.25) is 0 Å². The molecule has 0 amide bonds. The minimum Gasteiger partial charge on any atom is -0.456 e. The van der Waals surface area contributed by atoms with Crippen LogP contribution < -0.4 is 5.56 Å². The zero-order chi connectivity index (χ0) is 20.1. The highest BCUT2D eigenvalue weighted by atomic mass is 16.3. The topological polar surface area (TPSA) is 47.5 Å². The highest BCUT2D eigenvalue weighted by Gasteiger charge is 2.22. The molecular weight excluding hydrogens is 372 g/mol. The Morgan fingerprint density at radius 2 is 1.57 bits per heavy atom. The Labute approximate surface area is 170 Å². The summed E-state index contributed by atoms with van der Waals surface area (Å²) in [5.41, 5.74) is 6.15. The smallest absolute Gasteiger partial charge is 0.264 e. The van der Waals surface area contributed by atoms with Gasteiger partial charge in [0.2, 0.25) is 0 Å². The maximum Gasteiger partial charge on any atom is 0.264 e. The third kappa shape index (κ3) is 1.73. The second-order valence-corrected chi connectivity index (χ2v) is 8.10. The van der Waals surface area contributed by atoms with E-state index in [0.29, 0.717) is 11.0 Å². The van der Waals surface area contributed by atoms with Crippen LogP contribution in [0.4, 0.5) is 0 Å². The molecule has 0 fully saturated rings. The number of para-hydroxylation sites is 3. The predicted molar refractivity (Wildman–Crippen MR) is 122 cm³/mol. The summed E-state index contributed by atoms with van der Waals surface area (Å²) in [5, 5.41) is 5.87. The molecule has 0 radical (unpaired) electrons. The van der Waals surface area contributed by atoms with E-state index in [0.717, 1.165) is 60.3 Å². The normalized spacial score (nSPS) is 12.5. The predicted octanol–water partition coefficient (Wildman–Crippen LogP) is 6.11. The third-order valence-electron chi connectivity index (χ3n) is 6.34. The number of imidazole rings is 1. The van der Waals surface area contributed by atoms with Crippen molar-refractivity contribution >= 4 is 60.2 Å². The lowest BCUT2D eigenvalue weighted by molar-refractivity contribution is 0.659. The van der Waals surface area contributed by atoms with Crippen LogP contribution in [0.15, 0.2) is 69.9 Å². The van der Waals surface area contributed by atoms with Gasteiger partial charge in [-0.25, -0.2) is 4.98 Å². The van der Waals surface area contributed by atoms with Crippen LogP contribution in [0.5, 0.6) is 0 Å². The fraction of sp³-hybridized carbons (Fsp3) is 0.0769. The Hall–Kier alpha value is -3.92. The Morgan fingerprint density at radius 1 is 0.800 bits per heavy atom. The van der Waals surface area contributed by atoms with Crippen molar-refractivity contribution in [3.63, 3.8) is 0 Å². The van der Waals surface area contributed by atoms with Gasteiger partial charge in [0.15, 0.2) is 0 Å². The molecule has 7 aromatic rings. The number of fused-ring (bicyclic) bond motifs is 6. The van der Waals surface area contributed by atoms with Crippen molar-refractivity contribution in [2.24, 2.45) is 0 Å². The Morgan fingerprint density at radius 3 is 2.47 bits per heavy atom. The van der Waals surface area contributed by atoms with Crippen molar-refractivity contribution in [2.45, 2.75) is 13.8 Å². The van der Waals surface area contributed by atoms with Crippen molar-refractivity contribution in [2.75, 3.05) is 0 Å². The number of pyridine rings is 1. The molecule has 0 saturated carbocycles. The van der Waals surface area contributed by atoms with Gasteiger partial charge in [0.05, 0.1) is 11.0 Å². The molecule has 0 aliphatic heterocycles. The van der Waals surface area contributed by atoms with Gasteiger partial charge in [-0.05, 0) is 60.7 Å². The highest BCUT2D eigenvalue weighted by molar-refractivity contribution is 6.30. The van der Waals surface area contributed by atoms with Crippen LogP contribution in [0.3, 0.4) is 0 Å². The Bertz CT molecular complexity index is 1890. The van der Waals surface area contributed by atoms with Crippen LogP contribution in [0.1, 0.15) is 11.1 Å². The van der Waals surface area contributed by atoms with E-state index in [1.165, 1.54) is 0 Å². The molecule has 30 heavy (non-hydrogen) atoms. The lowest BCUT2D eigenvalue weighted by Crippen LogP contribution is -2.14. The lowest BCUT2D eigenvalue weighted by Gasteiger charge is -2.16. The molecule has 0 unspecified atom stereocenters. The summed E-state index contributed by atoms with van der Waals surface area (Å²) < 4.78 is 8.11. The number of nitrogens with zero attached hydrogens (tertiary/aromatic N) is 2. The maximum atomic E-state index is 13.7. The van der Waals surface area contributed by atoms with Gasteiger partial charge in [0.1, 0.15) is 16.8 Å². The quantitative estimate of drug-likeness (QED) is 0.233. The molecule has 0 N–H and O–H groups in total. The van der Waals surface area contributed by atoms with Gasteiger partial charge < -0.3 is 4.42 Å². The fourth-order valence-corrected chi connectivity index (χ4v) is 5.10. The van der Waals surface area contributed by atoms with Crippen LogP contribution in [-0.4, -0.2) is 9.38 Å². The van der Waals surface area contributed by atoms with Crippen molar-refractivity contribution < 1.29 is 4.42 Å². The van der Waals surface area contributed by atoms with E-state index in [-0.39, 0.29) is 5.56 Å². The van der Waals surface area contributed by atoms with E-state index in [9.17, 15) is 4.79 Å². The van der Waals surface area contributed by atoms with E-state index in [1.807, 2.05) is 55.5 Å². The summed E-state index contributed by atoms with van der Waals surface area (Å²) in [6.07, 6.45) is 0.